The molecule has 0 radical (unpaired) electrons. The quantitative estimate of drug-likeness (QED) is 0.745. The highest BCUT2D eigenvalue weighted by Crippen LogP contribution is 2.29. The summed E-state index contributed by atoms with van der Waals surface area (Å²) in [4.78, 5) is 21.3. The summed E-state index contributed by atoms with van der Waals surface area (Å²) in [6, 6.07) is 10.3. The number of pyridine rings is 1. The third kappa shape index (κ3) is 3.27. The van der Waals surface area contributed by atoms with Crippen molar-refractivity contribution in [3.63, 3.8) is 0 Å². The SMILES string of the molecule is CCN1CCCC1CNC(=O)c1cc2cc3cc(OC)ccc3nc2s1. The van der Waals surface area contributed by atoms with Crippen LogP contribution in [-0.2, 0) is 0 Å². The number of carbonyl (C=O) groups is 1. The molecule has 1 unspecified atom stereocenters. The molecular formula is C20H23N3O2S. The Morgan fingerprint density at radius 3 is 3.04 bits per heavy atom. The second-order valence-corrected chi connectivity index (χ2v) is 7.72. The van der Waals surface area contributed by atoms with Crippen molar-refractivity contribution in [3.8, 4) is 5.75 Å². The lowest BCUT2D eigenvalue weighted by molar-refractivity contribution is 0.0945. The fraction of sp³-hybridized carbons (Fsp3) is 0.400. The van der Waals surface area contributed by atoms with Crippen molar-refractivity contribution in [2.24, 2.45) is 0 Å². The van der Waals surface area contributed by atoms with Gasteiger partial charge in [-0.25, -0.2) is 4.98 Å². The number of nitrogens with one attached hydrogen (secondary N) is 1. The fourth-order valence-corrected chi connectivity index (χ4v) is 4.63. The minimum absolute atomic E-state index is 0.00223. The molecule has 0 spiro atoms. The summed E-state index contributed by atoms with van der Waals surface area (Å²) in [7, 11) is 1.66. The summed E-state index contributed by atoms with van der Waals surface area (Å²) in [5.41, 5.74) is 0.914. The summed E-state index contributed by atoms with van der Waals surface area (Å²) < 4.78 is 5.28. The molecule has 26 heavy (non-hydrogen) atoms. The molecule has 2 aromatic heterocycles. The van der Waals surface area contributed by atoms with Gasteiger partial charge in [-0.3, -0.25) is 9.69 Å². The van der Waals surface area contributed by atoms with Crippen LogP contribution in [0.25, 0.3) is 21.1 Å². The zero-order chi connectivity index (χ0) is 18.1. The number of likely N-dealkylation sites (tertiary alicyclic amines) is 1. The van der Waals surface area contributed by atoms with Gasteiger partial charge >= 0.3 is 0 Å². The van der Waals surface area contributed by atoms with Crippen molar-refractivity contribution in [1.82, 2.24) is 15.2 Å². The first-order valence-corrected chi connectivity index (χ1v) is 9.90. The number of nitrogens with zero attached hydrogens (tertiary/aromatic N) is 2. The molecule has 1 saturated heterocycles. The predicted octanol–water partition coefficient (Wildman–Crippen LogP) is 3.67. The molecule has 0 aliphatic carbocycles. The monoisotopic (exact) mass is 369 g/mol. The van der Waals surface area contributed by atoms with E-state index in [-0.39, 0.29) is 5.91 Å². The van der Waals surface area contributed by atoms with Crippen LogP contribution in [0, 0.1) is 0 Å². The van der Waals surface area contributed by atoms with Gasteiger partial charge in [0, 0.05) is 23.4 Å². The van der Waals surface area contributed by atoms with Crippen LogP contribution in [-0.4, -0.2) is 48.6 Å². The summed E-state index contributed by atoms with van der Waals surface area (Å²) in [6.07, 6.45) is 2.38. The minimum Gasteiger partial charge on any atom is -0.497 e. The Labute approximate surface area is 157 Å². The number of hydrogen-bond donors (Lipinski definition) is 1. The van der Waals surface area contributed by atoms with Crippen LogP contribution in [0.15, 0.2) is 30.3 Å². The molecule has 136 valence electrons. The van der Waals surface area contributed by atoms with E-state index >= 15 is 0 Å². The molecule has 1 atom stereocenters. The van der Waals surface area contributed by atoms with Crippen LogP contribution >= 0.6 is 11.3 Å². The average Bonchev–Trinajstić information content (AvgIpc) is 3.29. The number of carbonyl (C=O) groups excluding carboxylic acids is 1. The standard InChI is InChI=1S/C20H23N3O2S/c1-3-23-8-4-5-15(23)12-21-19(24)18-11-14-9-13-10-16(25-2)6-7-17(13)22-20(14)26-18/h6-7,9-11,15H,3-5,8,12H2,1-2H3,(H,21,24). The van der Waals surface area contributed by atoms with E-state index in [1.807, 2.05) is 24.3 Å². The number of amides is 1. The summed E-state index contributed by atoms with van der Waals surface area (Å²) in [6.45, 7) is 5.08. The number of rotatable bonds is 5. The maximum absolute atomic E-state index is 12.6. The summed E-state index contributed by atoms with van der Waals surface area (Å²) in [5, 5.41) is 5.12. The smallest absolute Gasteiger partial charge is 0.261 e. The lowest BCUT2D eigenvalue weighted by Gasteiger charge is -2.22. The number of thiophene rings is 1. The molecule has 1 aromatic carbocycles. The number of fused-ring (bicyclic) bond motifs is 2. The van der Waals surface area contributed by atoms with Crippen molar-refractivity contribution in [2.45, 2.75) is 25.8 Å². The Morgan fingerprint density at radius 2 is 2.23 bits per heavy atom. The Morgan fingerprint density at radius 1 is 1.35 bits per heavy atom. The molecule has 4 rings (SSSR count). The highest BCUT2D eigenvalue weighted by molar-refractivity contribution is 7.20. The highest BCUT2D eigenvalue weighted by Gasteiger charge is 2.23. The molecule has 1 amide bonds. The Bertz CT molecular complexity index is 953. The van der Waals surface area contributed by atoms with Crippen molar-refractivity contribution >= 4 is 38.4 Å². The van der Waals surface area contributed by atoms with Crippen LogP contribution in [0.1, 0.15) is 29.4 Å². The van der Waals surface area contributed by atoms with Gasteiger partial charge in [-0.05, 0) is 56.3 Å². The molecule has 1 aliphatic heterocycles. The average molecular weight is 369 g/mol. The Hall–Kier alpha value is -2.18. The van der Waals surface area contributed by atoms with E-state index in [1.54, 1.807) is 7.11 Å². The number of benzene rings is 1. The third-order valence-electron chi connectivity index (χ3n) is 5.14. The van der Waals surface area contributed by atoms with Crippen molar-refractivity contribution in [3.05, 3.63) is 35.2 Å². The molecule has 1 aliphatic rings. The number of likely N-dealkylation sites (N-methyl/N-ethyl adjacent to an activating group) is 1. The van der Waals surface area contributed by atoms with E-state index < -0.39 is 0 Å². The maximum Gasteiger partial charge on any atom is 0.261 e. The lowest BCUT2D eigenvalue weighted by atomic mass is 10.2. The summed E-state index contributed by atoms with van der Waals surface area (Å²) in [5.74, 6) is 0.807. The molecule has 3 heterocycles. The summed E-state index contributed by atoms with van der Waals surface area (Å²) >= 11 is 1.45. The van der Waals surface area contributed by atoms with Gasteiger partial charge in [0.1, 0.15) is 10.6 Å². The zero-order valence-corrected chi connectivity index (χ0v) is 15.9. The van der Waals surface area contributed by atoms with Crippen LogP contribution < -0.4 is 10.1 Å². The maximum atomic E-state index is 12.6. The molecule has 5 nitrogen and oxygen atoms in total. The van der Waals surface area contributed by atoms with E-state index in [0.29, 0.717) is 12.6 Å². The molecule has 0 saturated carbocycles. The lowest BCUT2D eigenvalue weighted by Crippen LogP contribution is -2.39. The predicted molar refractivity (Wildman–Crippen MR) is 106 cm³/mol. The fourth-order valence-electron chi connectivity index (χ4n) is 3.69. The Kier molecular flexibility index (Phi) is 4.78. The van der Waals surface area contributed by atoms with Gasteiger partial charge in [-0.1, -0.05) is 6.92 Å². The van der Waals surface area contributed by atoms with E-state index in [0.717, 1.165) is 51.3 Å². The topological polar surface area (TPSA) is 54.5 Å². The van der Waals surface area contributed by atoms with Crippen molar-refractivity contribution in [1.29, 1.82) is 0 Å². The van der Waals surface area contributed by atoms with Crippen LogP contribution in [0.4, 0.5) is 0 Å². The first-order chi connectivity index (χ1) is 12.7. The molecule has 6 heteroatoms. The number of aromatic nitrogens is 1. The number of hydrogen-bond acceptors (Lipinski definition) is 5. The zero-order valence-electron chi connectivity index (χ0n) is 15.1. The van der Waals surface area contributed by atoms with Crippen LogP contribution in [0.5, 0.6) is 5.75 Å². The molecule has 3 aromatic rings. The number of ether oxygens (including phenoxy) is 1. The van der Waals surface area contributed by atoms with Gasteiger partial charge < -0.3 is 10.1 Å². The van der Waals surface area contributed by atoms with E-state index in [9.17, 15) is 4.79 Å². The second-order valence-electron chi connectivity index (χ2n) is 6.69. The van der Waals surface area contributed by atoms with Gasteiger partial charge in [0.2, 0.25) is 0 Å². The van der Waals surface area contributed by atoms with E-state index in [1.165, 1.54) is 17.8 Å². The normalized spacial score (nSPS) is 17.8. The van der Waals surface area contributed by atoms with E-state index in [2.05, 4.69) is 23.2 Å². The Balaban J connectivity index is 1.54. The largest absolute Gasteiger partial charge is 0.497 e. The number of methoxy groups -OCH3 is 1. The van der Waals surface area contributed by atoms with Gasteiger partial charge in [0.15, 0.2) is 0 Å². The van der Waals surface area contributed by atoms with E-state index in [4.69, 9.17) is 9.72 Å². The molecule has 1 N–H and O–H groups in total. The molecule has 0 bridgehead atoms. The second kappa shape index (κ2) is 7.21. The van der Waals surface area contributed by atoms with Gasteiger partial charge in [0.25, 0.3) is 5.91 Å². The minimum atomic E-state index is -0.00223. The van der Waals surface area contributed by atoms with Crippen molar-refractivity contribution < 1.29 is 9.53 Å². The van der Waals surface area contributed by atoms with Crippen LogP contribution in [0.3, 0.4) is 0 Å². The van der Waals surface area contributed by atoms with Crippen molar-refractivity contribution in [2.75, 3.05) is 26.7 Å². The highest BCUT2D eigenvalue weighted by atomic mass is 32.1. The molecule has 1 fully saturated rings. The van der Waals surface area contributed by atoms with Gasteiger partial charge in [-0.15, -0.1) is 11.3 Å². The molecular weight excluding hydrogens is 346 g/mol. The first kappa shape index (κ1) is 17.2. The first-order valence-electron chi connectivity index (χ1n) is 9.08. The van der Waals surface area contributed by atoms with Gasteiger partial charge in [0.05, 0.1) is 17.5 Å². The van der Waals surface area contributed by atoms with Gasteiger partial charge in [-0.2, -0.15) is 0 Å². The van der Waals surface area contributed by atoms with Crippen LogP contribution in [0.2, 0.25) is 0 Å². The third-order valence-corrected chi connectivity index (χ3v) is 6.18.